The van der Waals surface area contributed by atoms with Gasteiger partial charge in [-0.3, -0.25) is 14.9 Å². The molecule has 6 nitrogen and oxygen atoms in total. The molecule has 1 aromatic heterocycles. The van der Waals surface area contributed by atoms with Crippen molar-refractivity contribution in [2.75, 3.05) is 10.6 Å². The van der Waals surface area contributed by atoms with Crippen LogP contribution in [-0.4, -0.2) is 21.8 Å². The maximum Gasteiger partial charge on any atom is 0.231 e. The zero-order valence-electron chi connectivity index (χ0n) is 11.3. The van der Waals surface area contributed by atoms with Crippen molar-refractivity contribution >= 4 is 23.5 Å². The third-order valence-electron chi connectivity index (χ3n) is 3.25. The molecule has 0 spiro atoms. The molecule has 0 radical (unpaired) electrons. The molecule has 2 amide bonds. The molecule has 0 saturated heterocycles. The minimum Gasteiger partial charge on any atom is -0.326 e. The van der Waals surface area contributed by atoms with E-state index in [1.165, 1.54) is 0 Å². The van der Waals surface area contributed by atoms with Crippen molar-refractivity contribution < 1.29 is 9.59 Å². The highest BCUT2D eigenvalue weighted by molar-refractivity contribution is 5.94. The average Bonchev–Trinajstić information content (AvgIpc) is 2.48. The largest absolute Gasteiger partial charge is 0.326 e. The van der Waals surface area contributed by atoms with E-state index in [-0.39, 0.29) is 18.2 Å². The Kier molecular flexibility index (Phi) is 3.59. The van der Waals surface area contributed by atoms with Crippen LogP contribution in [0.4, 0.5) is 11.6 Å². The van der Waals surface area contributed by atoms with Gasteiger partial charge >= 0.3 is 0 Å². The second-order valence-electron chi connectivity index (χ2n) is 4.84. The number of amides is 2. The van der Waals surface area contributed by atoms with Gasteiger partial charge in [-0.2, -0.15) is 0 Å². The highest BCUT2D eigenvalue weighted by atomic mass is 16.2. The van der Waals surface area contributed by atoms with Gasteiger partial charge in [-0.05, 0) is 29.7 Å². The van der Waals surface area contributed by atoms with Crippen molar-refractivity contribution in [3.8, 4) is 0 Å². The normalized spacial score (nSPS) is 13.2. The number of rotatable bonds is 3. The summed E-state index contributed by atoms with van der Waals surface area (Å²) in [5.41, 5.74) is 2.80. The topological polar surface area (TPSA) is 84.0 Å². The summed E-state index contributed by atoms with van der Waals surface area (Å²) < 4.78 is 0. The van der Waals surface area contributed by atoms with Crippen LogP contribution in [0, 0.1) is 0 Å². The van der Waals surface area contributed by atoms with E-state index in [9.17, 15) is 9.59 Å². The third-order valence-corrected chi connectivity index (χ3v) is 3.25. The number of hydrogen-bond acceptors (Lipinski definition) is 4. The molecule has 1 aliphatic rings. The molecule has 106 valence electrons. The summed E-state index contributed by atoms with van der Waals surface area (Å²) in [6.45, 7) is 0. The fraction of sp³-hybridized carbons (Fsp3) is 0.200. The van der Waals surface area contributed by atoms with Gasteiger partial charge in [0.2, 0.25) is 17.8 Å². The Morgan fingerprint density at radius 3 is 2.86 bits per heavy atom. The van der Waals surface area contributed by atoms with Crippen LogP contribution in [0.25, 0.3) is 0 Å². The second kappa shape index (κ2) is 5.70. The van der Waals surface area contributed by atoms with Gasteiger partial charge in [0.1, 0.15) is 0 Å². The van der Waals surface area contributed by atoms with Crippen LogP contribution in [0.15, 0.2) is 36.7 Å². The Bertz CT molecular complexity index is 685. The SMILES string of the molecule is O=C(Cc1ccc2c(c1)CCC(=O)N2)Nc1ncccn1. The Balaban J connectivity index is 1.68. The predicted octanol–water partition coefficient (Wildman–Crippen LogP) is 1.54. The highest BCUT2D eigenvalue weighted by Gasteiger charge is 2.15. The van der Waals surface area contributed by atoms with Gasteiger partial charge in [0.15, 0.2) is 0 Å². The summed E-state index contributed by atoms with van der Waals surface area (Å²) in [6, 6.07) is 7.33. The molecule has 3 rings (SSSR count). The molecule has 6 heteroatoms. The molecule has 0 fully saturated rings. The standard InChI is InChI=1S/C15H14N4O2/c20-13-5-3-11-8-10(2-4-12(11)18-13)9-14(21)19-15-16-6-1-7-17-15/h1-2,4,6-8H,3,5,9H2,(H,18,20)(H,16,17,19,21). The minimum absolute atomic E-state index is 0.0363. The average molecular weight is 282 g/mol. The Morgan fingerprint density at radius 1 is 1.24 bits per heavy atom. The lowest BCUT2D eigenvalue weighted by atomic mass is 9.99. The first-order valence-corrected chi connectivity index (χ1v) is 6.69. The molecule has 21 heavy (non-hydrogen) atoms. The van der Waals surface area contributed by atoms with E-state index in [0.29, 0.717) is 18.8 Å². The van der Waals surface area contributed by atoms with Crippen molar-refractivity contribution in [2.45, 2.75) is 19.3 Å². The van der Waals surface area contributed by atoms with E-state index >= 15 is 0 Å². The van der Waals surface area contributed by atoms with Gasteiger partial charge in [-0.25, -0.2) is 9.97 Å². The maximum atomic E-state index is 11.9. The summed E-state index contributed by atoms with van der Waals surface area (Å²) in [5, 5.41) is 5.47. The zero-order valence-corrected chi connectivity index (χ0v) is 11.3. The fourth-order valence-electron chi connectivity index (χ4n) is 2.26. The summed E-state index contributed by atoms with van der Waals surface area (Å²) in [5.74, 6) is 0.169. The summed E-state index contributed by atoms with van der Waals surface area (Å²) in [6.07, 6.45) is 4.59. The predicted molar refractivity (Wildman–Crippen MR) is 77.8 cm³/mol. The number of benzene rings is 1. The number of fused-ring (bicyclic) bond motifs is 1. The molecule has 0 atom stereocenters. The molecule has 2 heterocycles. The summed E-state index contributed by atoms with van der Waals surface area (Å²) in [7, 11) is 0. The number of aromatic nitrogens is 2. The fourth-order valence-corrected chi connectivity index (χ4v) is 2.26. The van der Waals surface area contributed by atoms with Crippen molar-refractivity contribution in [3.63, 3.8) is 0 Å². The molecule has 1 aromatic carbocycles. The van der Waals surface area contributed by atoms with Crippen molar-refractivity contribution in [1.29, 1.82) is 0 Å². The van der Waals surface area contributed by atoms with E-state index in [1.807, 2.05) is 18.2 Å². The number of anilines is 2. The first-order valence-electron chi connectivity index (χ1n) is 6.69. The van der Waals surface area contributed by atoms with E-state index in [2.05, 4.69) is 20.6 Å². The number of aryl methyl sites for hydroxylation is 1. The third kappa shape index (κ3) is 3.22. The van der Waals surface area contributed by atoms with Crippen LogP contribution in [0.1, 0.15) is 17.5 Å². The molecule has 1 aliphatic heterocycles. The number of nitrogens with zero attached hydrogens (tertiary/aromatic N) is 2. The first-order chi connectivity index (χ1) is 10.2. The number of nitrogens with one attached hydrogen (secondary N) is 2. The lowest BCUT2D eigenvalue weighted by molar-refractivity contribution is -0.117. The van der Waals surface area contributed by atoms with Crippen LogP contribution in [0.3, 0.4) is 0 Å². The molecular formula is C15H14N4O2. The molecular weight excluding hydrogens is 268 g/mol. The van der Waals surface area contributed by atoms with Crippen molar-refractivity contribution in [3.05, 3.63) is 47.8 Å². The van der Waals surface area contributed by atoms with Gasteiger partial charge in [-0.1, -0.05) is 12.1 Å². The smallest absolute Gasteiger partial charge is 0.231 e. The number of carbonyl (C=O) groups excluding carboxylic acids is 2. The van der Waals surface area contributed by atoms with Gasteiger partial charge in [0.05, 0.1) is 6.42 Å². The van der Waals surface area contributed by atoms with E-state index in [1.54, 1.807) is 18.5 Å². The minimum atomic E-state index is -0.166. The molecule has 0 unspecified atom stereocenters. The molecule has 0 saturated carbocycles. The van der Waals surface area contributed by atoms with E-state index in [0.717, 1.165) is 16.8 Å². The van der Waals surface area contributed by atoms with Crippen LogP contribution in [-0.2, 0) is 22.4 Å². The first kappa shape index (κ1) is 13.2. The Morgan fingerprint density at radius 2 is 2.05 bits per heavy atom. The lowest BCUT2D eigenvalue weighted by Gasteiger charge is -2.17. The Labute approximate surface area is 121 Å². The number of hydrogen-bond donors (Lipinski definition) is 2. The lowest BCUT2D eigenvalue weighted by Crippen LogP contribution is -2.20. The monoisotopic (exact) mass is 282 g/mol. The highest BCUT2D eigenvalue weighted by Crippen LogP contribution is 2.23. The van der Waals surface area contributed by atoms with Gasteiger partial charge in [0, 0.05) is 24.5 Å². The van der Waals surface area contributed by atoms with Gasteiger partial charge < -0.3 is 5.32 Å². The van der Waals surface area contributed by atoms with E-state index in [4.69, 9.17) is 0 Å². The molecule has 0 bridgehead atoms. The van der Waals surface area contributed by atoms with Crippen LogP contribution >= 0.6 is 0 Å². The summed E-state index contributed by atoms with van der Waals surface area (Å²) >= 11 is 0. The molecule has 0 aliphatic carbocycles. The van der Waals surface area contributed by atoms with Gasteiger partial charge in [-0.15, -0.1) is 0 Å². The molecule has 2 N–H and O–H groups in total. The quantitative estimate of drug-likeness (QED) is 0.894. The van der Waals surface area contributed by atoms with Crippen molar-refractivity contribution in [2.24, 2.45) is 0 Å². The summed E-state index contributed by atoms with van der Waals surface area (Å²) in [4.78, 5) is 31.1. The van der Waals surface area contributed by atoms with Crippen LogP contribution in [0.2, 0.25) is 0 Å². The number of carbonyl (C=O) groups is 2. The Hall–Kier alpha value is -2.76. The van der Waals surface area contributed by atoms with Crippen molar-refractivity contribution in [1.82, 2.24) is 9.97 Å². The van der Waals surface area contributed by atoms with Gasteiger partial charge in [0.25, 0.3) is 0 Å². The zero-order chi connectivity index (χ0) is 14.7. The second-order valence-corrected chi connectivity index (χ2v) is 4.84. The van der Waals surface area contributed by atoms with E-state index < -0.39 is 0 Å². The molecule has 2 aromatic rings. The van der Waals surface area contributed by atoms with Crippen LogP contribution < -0.4 is 10.6 Å². The van der Waals surface area contributed by atoms with Crippen LogP contribution in [0.5, 0.6) is 0 Å². The maximum absolute atomic E-state index is 11.9.